The zero-order chi connectivity index (χ0) is 11.4. The largest absolute Gasteiger partial charge is 0.476 e. The fraction of sp³-hybridized carbons (Fsp3) is 0.500. The molecule has 3 N–H and O–H groups in total. The third-order valence-electron chi connectivity index (χ3n) is 1.93. The van der Waals surface area contributed by atoms with Gasteiger partial charge in [-0.25, -0.2) is 4.79 Å². The van der Waals surface area contributed by atoms with Crippen LogP contribution in [-0.4, -0.2) is 41.1 Å². The van der Waals surface area contributed by atoms with Gasteiger partial charge in [0.2, 0.25) is 0 Å². The fourth-order valence-corrected chi connectivity index (χ4v) is 1.85. The Labute approximate surface area is 101 Å². The molecule has 0 amide bonds. The topological polar surface area (TPSA) is 90.4 Å². The molecule has 0 aliphatic rings. The van der Waals surface area contributed by atoms with E-state index in [0.717, 1.165) is 0 Å². The number of hydrogen-bond acceptors (Lipinski definition) is 4. The van der Waals surface area contributed by atoms with Crippen LogP contribution in [0.15, 0.2) is 6.20 Å². The monoisotopic (exact) mass is 325 g/mol. The van der Waals surface area contributed by atoms with E-state index >= 15 is 0 Å². The second-order valence-electron chi connectivity index (χ2n) is 2.94. The van der Waals surface area contributed by atoms with Crippen molar-refractivity contribution >= 4 is 28.6 Å². The minimum atomic E-state index is -1.01. The molecule has 1 rings (SSSR count). The SMILES string of the molecule is COCC(CN)n1ncc(I)c1C(=O)O. The first-order valence-electron chi connectivity index (χ1n) is 4.27. The molecule has 1 unspecified atom stereocenters. The van der Waals surface area contributed by atoms with Crippen LogP contribution in [0.2, 0.25) is 0 Å². The average molecular weight is 325 g/mol. The molecule has 0 aliphatic heterocycles. The van der Waals surface area contributed by atoms with Crippen molar-refractivity contribution < 1.29 is 14.6 Å². The Kier molecular flexibility index (Phi) is 4.48. The van der Waals surface area contributed by atoms with Crippen molar-refractivity contribution in [2.45, 2.75) is 6.04 Å². The molecular weight excluding hydrogens is 313 g/mol. The van der Waals surface area contributed by atoms with Gasteiger partial charge in [-0.3, -0.25) is 4.68 Å². The van der Waals surface area contributed by atoms with Gasteiger partial charge in [0.1, 0.15) is 0 Å². The fourth-order valence-electron chi connectivity index (χ4n) is 1.25. The summed E-state index contributed by atoms with van der Waals surface area (Å²) in [4.78, 5) is 11.0. The first kappa shape index (κ1) is 12.4. The van der Waals surface area contributed by atoms with Crippen LogP contribution in [0.3, 0.4) is 0 Å². The van der Waals surface area contributed by atoms with Gasteiger partial charge in [0.15, 0.2) is 5.69 Å². The van der Waals surface area contributed by atoms with Gasteiger partial charge in [0.25, 0.3) is 0 Å². The quantitative estimate of drug-likeness (QED) is 0.762. The predicted molar refractivity (Wildman–Crippen MR) is 61.9 cm³/mol. The number of aromatic carboxylic acids is 1. The molecule has 84 valence electrons. The van der Waals surface area contributed by atoms with Crippen LogP contribution in [0, 0.1) is 3.57 Å². The Morgan fingerprint density at radius 1 is 1.87 bits per heavy atom. The van der Waals surface area contributed by atoms with E-state index in [4.69, 9.17) is 15.6 Å². The highest BCUT2D eigenvalue weighted by atomic mass is 127. The number of hydrogen-bond donors (Lipinski definition) is 2. The first-order chi connectivity index (χ1) is 7.11. The van der Waals surface area contributed by atoms with Crippen molar-refractivity contribution in [1.29, 1.82) is 0 Å². The van der Waals surface area contributed by atoms with Crippen LogP contribution in [0.4, 0.5) is 0 Å². The molecule has 0 saturated carbocycles. The van der Waals surface area contributed by atoms with E-state index in [-0.39, 0.29) is 18.3 Å². The van der Waals surface area contributed by atoms with Crippen LogP contribution >= 0.6 is 22.6 Å². The Morgan fingerprint density at radius 3 is 3.00 bits per heavy atom. The minimum Gasteiger partial charge on any atom is -0.476 e. The number of carboxylic acid groups (broad SMARTS) is 1. The van der Waals surface area contributed by atoms with E-state index in [1.807, 2.05) is 22.6 Å². The van der Waals surface area contributed by atoms with Gasteiger partial charge >= 0.3 is 5.97 Å². The molecule has 1 aromatic heterocycles. The molecule has 0 bridgehead atoms. The van der Waals surface area contributed by atoms with E-state index in [0.29, 0.717) is 10.2 Å². The summed E-state index contributed by atoms with van der Waals surface area (Å²) in [5, 5.41) is 13.0. The van der Waals surface area contributed by atoms with Crippen molar-refractivity contribution in [3.8, 4) is 0 Å². The van der Waals surface area contributed by atoms with Crippen LogP contribution < -0.4 is 5.73 Å². The van der Waals surface area contributed by atoms with Gasteiger partial charge in [-0.05, 0) is 22.6 Å². The molecular formula is C8H12IN3O3. The van der Waals surface area contributed by atoms with Gasteiger partial charge in [-0.1, -0.05) is 0 Å². The molecule has 7 heteroatoms. The molecule has 0 saturated heterocycles. The number of methoxy groups -OCH3 is 1. The van der Waals surface area contributed by atoms with Crippen molar-refractivity contribution in [3.63, 3.8) is 0 Å². The summed E-state index contributed by atoms with van der Waals surface area (Å²) >= 11 is 1.93. The Hall–Kier alpha value is -0.670. The van der Waals surface area contributed by atoms with E-state index in [9.17, 15) is 4.79 Å². The van der Waals surface area contributed by atoms with Crippen LogP contribution in [0.1, 0.15) is 16.5 Å². The zero-order valence-electron chi connectivity index (χ0n) is 8.18. The average Bonchev–Trinajstić information content (AvgIpc) is 2.56. The number of aromatic nitrogens is 2. The van der Waals surface area contributed by atoms with Crippen LogP contribution in [-0.2, 0) is 4.74 Å². The number of carboxylic acids is 1. The molecule has 0 aromatic carbocycles. The molecule has 0 fully saturated rings. The van der Waals surface area contributed by atoms with Gasteiger partial charge in [0.05, 0.1) is 22.4 Å². The normalized spacial score (nSPS) is 12.7. The lowest BCUT2D eigenvalue weighted by Crippen LogP contribution is -2.27. The van der Waals surface area contributed by atoms with Crippen LogP contribution in [0.25, 0.3) is 0 Å². The highest BCUT2D eigenvalue weighted by Crippen LogP contribution is 2.16. The molecule has 15 heavy (non-hydrogen) atoms. The van der Waals surface area contributed by atoms with Gasteiger partial charge in [-0.2, -0.15) is 5.10 Å². The Morgan fingerprint density at radius 2 is 2.53 bits per heavy atom. The maximum Gasteiger partial charge on any atom is 0.355 e. The predicted octanol–water partition coefficient (Wildman–Crippen LogP) is 0.332. The third-order valence-corrected chi connectivity index (χ3v) is 2.72. The standard InChI is InChI=1S/C8H12IN3O3/c1-15-4-5(2-10)12-7(8(13)14)6(9)3-11-12/h3,5H,2,4,10H2,1H3,(H,13,14). The minimum absolute atomic E-state index is 0.156. The van der Waals surface area contributed by atoms with Crippen molar-refractivity contribution in [1.82, 2.24) is 9.78 Å². The summed E-state index contributed by atoms with van der Waals surface area (Å²) in [5.74, 6) is -1.01. The molecule has 1 aromatic rings. The van der Waals surface area contributed by atoms with Gasteiger partial charge in [-0.15, -0.1) is 0 Å². The lowest BCUT2D eigenvalue weighted by Gasteiger charge is -2.15. The summed E-state index contributed by atoms with van der Waals surface area (Å²) in [6, 6.07) is -0.246. The van der Waals surface area contributed by atoms with E-state index in [1.165, 1.54) is 18.0 Å². The van der Waals surface area contributed by atoms with Gasteiger partial charge in [0, 0.05) is 13.7 Å². The number of halogens is 1. The van der Waals surface area contributed by atoms with Gasteiger partial charge < -0.3 is 15.6 Å². The van der Waals surface area contributed by atoms with Crippen LogP contribution in [0.5, 0.6) is 0 Å². The lowest BCUT2D eigenvalue weighted by molar-refractivity contribution is 0.0672. The smallest absolute Gasteiger partial charge is 0.355 e. The first-order valence-corrected chi connectivity index (χ1v) is 5.35. The highest BCUT2D eigenvalue weighted by molar-refractivity contribution is 14.1. The third kappa shape index (κ3) is 2.67. The van der Waals surface area contributed by atoms with E-state index in [1.54, 1.807) is 0 Å². The zero-order valence-corrected chi connectivity index (χ0v) is 10.3. The maximum atomic E-state index is 11.0. The molecule has 0 spiro atoms. The second kappa shape index (κ2) is 5.42. The maximum absolute atomic E-state index is 11.0. The molecule has 0 aliphatic carbocycles. The summed E-state index contributed by atoms with van der Waals surface area (Å²) in [7, 11) is 1.54. The number of nitrogens with two attached hydrogens (primary N) is 1. The Bertz CT molecular complexity index is 353. The lowest BCUT2D eigenvalue weighted by atomic mass is 10.3. The van der Waals surface area contributed by atoms with Crippen molar-refractivity contribution in [2.24, 2.45) is 5.73 Å². The second-order valence-corrected chi connectivity index (χ2v) is 4.10. The van der Waals surface area contributed by atoms with Crippen molar-refractivity contribution in [2.75, 3.05) is 20.3 Å². The molecule has 1 heterocycles. The van der Waals surface area contributed by atoms with E-state index < -0.39 is 5.97 Å². The summed E-state index contributed by atoms with van der Waals surface area (Å²) in [6.07, 6.45) is 1.50. The number of rotatable bonds is 5. The molecule has 1 atom stereocenters. The number of carbonyl (C=O) groups is 1. The summed E-state index contributed by atoms with van der Waals surface area (Å²) in [6.45, 7) is 0.625. The highest BCUT2D eigenvalue weighted by Gasteiger charge is 2.21. The number of nitrogens with zero attached hydrogens (tertiary/aromatic N) is 2. The number of ether oxygens (including phenoxy) is 1. The van der Waals surface area contributed by atoms with E-state index in [2.05, 4.69) is 5.10 Å². The molecule has 0 radical (unpaired) electrons. The Balaban J connectivity index is 3.06. The summed E-state index contributed by atoms with van der Waals surface area (Å²) in [5.41, 5.74) is 5.69. The van der Waals surface area contributed by atoms with Crippen molar-refractivity contribution in [3.05, 3.63) is 15.5 Å². The summed E-state index contributed by atoms with van der Waals surface area (Å²) < 4.78 is 6.95. The molecule has 6 nitrogen and oxygen atoms in total.